The van der Waals surface area contributed by atoms with Crippen molar-refractivity contribution in [3.63, 3.8) is 0 Å². The second-order valence-corrected chi connectivity index (χ2v) is 5.61. The van der Waals surface area contributed by atoms with Crippen molar-refractivity contribution >= 4 is 11.6 Å². The van der Waals surface area contributed by atoms with Gasteiger partial charge in [0, 0.05) is 25.4 Å². The summed E-state index contributed by atoms with van der Waals surface area (Å²) in [7, 11) is 2.46. The van der Waals surface area contributed by atoms with Crippen molar-refractivity contribution in [2.24, 2.45) is 5.16 Å². The van der Waals surface area contributed by atoms with Crippen LogP contribution in [0, 0.1) is 5.82 Å². The van der Waals surface area contributed by atoms with E-state index < -0.39 is 42.3 Å². The fraction of sp³-hybridized carbons (Fsp3) is 0.294. The predicted molar refractivity (Wildman–Crippen MR) is 92.6 cm³/mol. The number of carbonyl (C=O) groups excluding carboxylic acids is 1. The van der Waals surface area contributed by atoms with E-state index in [9.17, 15) is 31.1 Å². The molecule has 0 bridgehead atoms. The van der Waals surface area contributed by atoms with Gasteiger partial charge in [0.15, 0.2) is 12.3 Å². The van der Waals surface area contributed by atoms with E-state index in [4.69, 9.17) is 4.74 Å². The normalized spacial score (nSPS) is 12.3. The number of hydrogen-bond acceptors (Lipinski definition) is 7. The number of oxime groups is 1. The van der Waals surface area contributed by atoms with Gasteiger partial charge in [0.25, 0.3) is 5.91 Å². The highest BCUT2D eigenvalue weighted by atomic mass is 19.4. The van der Waals surface area contributed by atoms with E-state index in [2.05, 4.69) is 30.0 Å². The summed E-state index contributed by atoms with van der Waals surface area (Å²) in [5.74, 6) is -7.61. The third-order valence-corrected chi connectivity index (χ3v) is 3.45. The molecule has 2 rings (SSSR count). The zero-order valence-electron chi connectivity index (χ0n) is 15.8. The van der Waals surface area contributed by atoms with Crippen molar-refractivity contribution in [2.75, 3.05) is 20.8 Å². The highest BCUT2D eigenvalue weighted by Crippen LogP contribution is 2.35. The quantitative estimate of drug-likeness (QED) is 0.376. The maximum Gasteiger partial charge on any atom is 0.456 e. The molecule has 0 saturated heterocycles. The Morgan fingerprint density at radius 1 is 1.19 bits per heavy atom. The molecule has 1 amide bonds. The molecule has 1 aromatic carbocycles. The van der Waals surface area contributed by atoms with E-state index >= 15 is 0 Å². The second kappa shape index (κ2) is 9.49. The molecule has 0 fully saturated rings. The van der Waals surface area contributed by atoms with Crippen LogP contribution in [-0.2, 0) is 9.63 Å². The molecule has 0 atom stereocenters. The minimum Gasteiger partial charge on any atom is -0.471 e. The molecule has 0 saturated carbocycles. The summed E-state index contributed by atoms with van der Waals surface area (Å²) in [6.07, 6.45) is -4.86. The van der Waals surface area contributed by atoms with Crippen molar-refractivity contribution in [3.05, 3.63) is 41.8 Å². The Labute approximate surface area is 170 Å². The van der Waals surface area contributed by atoms with Gasteiger partial charge in [-0.05, 0) is 12.1 Å². The van der Waals surface area contributed by atoms with Crippen LogP contribution in [0.25, 0.3) is 0 Å². The third-order valence-electron chi connectivity index (χ3n) is 3.45. The monoisotopic (exact) mass is 452 g/mol. The number of halogens is 6. The summed E-state index contributed by atoms with van der Waals surface area (Å²) in [5.41, 5.74) is -0.363. The van der Waals surface area contributed by atoms with Gasteiger partial charge in [-0.1, -0.05) is 5.16 Å². The molecular formula is C17H14F6N4O4. The van der Waals surface area contributed by atoms with Crippen molar-refractivity contribution in [1.29, 1.82) is 0 Å². The highest BCUT2D eigenvalue weighted by Gasteiger charge is 2.58. The Hall–Kier alpha value is -3.58. The summed E-state index contributed by atoms with van der Waals surface area (Å²) in [6, 6.07) is 3.30. The maximum atomic E-state index is 13.7. The van der Waals surface area contributed by atoms with Gasteiger partial charge in [0.1, 0.15) is 18.7 Å². The lowest BCUT2D eigenvalue weighted by Gasteiger charge is -2.19. The molecule has 0 aliphatic rings. The lowest BCUT2D eigenvalue weighted by Crippen LogP contribution is -2.41. The molecule has 168 valence electrons. The Morgan fingerprint density at radius 2 is 1.90 bits per heavy atom. The summed E-state index contributed by atoms with van der Waals surface area (Å²) in [5, 5.41) is 5.83. The first-order valence-corrected chi connectivity index (χ1v) is 8.20. The molecule has 8 nitrogen and oxygen atoms in total. The number of carbonyl (C=O) groups is 1. The van der Waals surface area contributed by atoms with Crippen LogP contribution in [0.3, 0.4) is 0 Å². The van der Waals surface area contributed by atoms with Crippen LogP contribution in [0.2, 0.25) is 0 Å². The smallest absolute Gasteiger partial charge is 0.456 e. The lowest BCUT2D eigenvalue weighted by molar-refractivity contribution is -0.290. The Kier molecular flexibility index (Phi) is 7.25. The SMILES string of the molecule is CNC(=O)/C(=N/OC)c1ccc(F)cc1Oc1nccc(OCC(F)(F)C(F)(F)F)n1. The molecule has 0 spiro atoms. The minimum absolute atomic E-state index is 0.0545. The molecule has 1 aromatic heterocycles. The van der Waals surface area contributed by atoms with Gasteiger partial charge >= 0.3 is 18.1 Å². The number of aromatic nitrogens is 2. The van der Waals surface area contributed by atoms with E-state index in [0.717, 1.165) is 37.6 Å². The molecule has 31 heavy (non-hydrogen) atoms. The number of benzene rings is 1. The van der Waals surface area contributed by atoms with Gasteiger partial charge in [-0.25, -0.2) is 9.37 Å². The molecule has 1 N–H and O–H groups in total. The van der Waals surface area contributed by atoms with Crippen LogP contribution < -0.4 is 14.8 Å². The zero-order valence-corrected chi connectivity index (χ0v) is 15.8. The number of ether oxygens (including phenoxy) is 2. The summed E-state index contributed by atoms with van der Waals surface area (Å²) < 4.78 is 86.1. The zero-order chi connectivity index (χ0) is 23.2. The number of likely N-dealkylation sites (N-methyl/N-ethyl adjacent to an activating group) is 1. The number of nitrogens with one attached hydrogen (secondary N) is 1. The number of nitrogens with zero attached hydrogens (tertiary/aromatic N) is 3. The first-order chi connectivity index (χ1) is 14.5. The van der Waals surface area contributed by atoms with Gasteiger partial charge in [0.05, 0.1) is 5.56 Å². The number of amides is 1. The molecular weight excluding hydrogens is 438 g/mol. The van der Waals surface area contributed by atoms with Gasteiger partial charge in [0.2, 0.25) is 5.88 Å². The predicted octanol–water partition coefficient (Wildman–Crippen LogP) is 3.08. The number of alkyl halides is 5. The fourth-order valence-electron chi connectivity index (χ4n) is 2.00. The summed E-state index contributed by atoms with van der Waals surface area (Å²) in [4.78, 5) is 23.8. The topological polar surface area (TPSA) is 94.9 Å². The average molecular weight is 452 g/mol. The van der Waals surface area contributed by atoms with E-state index in [0.29, 0.717) is 0 Å². The van der Waals surface area contributed by atoms with Crippen LogP contribution in [0.1, 0.15) is 5.56 Å². The summed E-state index contributed by atoms with van der Waals surface area (Å²) >= 11 is 0. The van der Waals surface area contributed by atoms with Gasteiger partial charge < -0.3 is 19.6 Å². The van der Waals surface area contributed by atoms with Crippen molar-refractivity contribution < 1.29 is 45.4 Å². The van der Waals surface area contributed by atoms with Crippen LogP contribution in [0.4, 0.5) is 26.3 Å². The molecule has 0 unspecified atom stereocenters. The molecule has 0 aliphatic heterocycles. The van der Waals surface area contributed by atoms with E-state index in [-0.39, 0.29) is 17.0 Å². The molecule has 1 heterocycles. The molecule has 14 heteroatoms. The Morgan fingerprint density at radius 3 is 2.52 bits per heavy atom. The Bertz CT molecular complexity index is 968. The summed E-state index contributed by atoms with van der Waals surface area (Å²) in [6.45, 7) is -2.03. The van der Waals surface area contributed by atoms with Crippen molar-refractivity contribution in [3.8, 4) is 17.6 Å². The first kappa shape index (κ1) is 23.7. The van der Waals surface area contributed by atoms with Crippen LogP contribution >= 0.6 is 0 Å². The molecule has 0 aliphatic carbocycles. The second-order valence-electron chi connectivity index (χ2n) is 5.61. The van der Waals surface area contributed by atoms with Crippen LogP contribution in [-0.4, -0.2) is 54.5 Å². The number of rotatable bonds is 8. The third kappa shape index (κ3) is 5.96. The van der Waals surface area contributed by atoms with Crippen molar-refractivity contribution in [1.82, 2.24) is 15.3 Å². The van der Waals surface area contributed by atoms with Crippen LogP contribution in [0.15, 0.2) is 35.6 Å². The van der Waals surface area contributed by atoms with E-state index in [1.54, 1.807) is 0 Å². The largest absolute Gasteiger partial charge is 0.471 e. The van der Waals surface area contributed by atoms with Gasteiger partial charge in [-0.2, -0.15) is 26.9 Å². The standard InChI is InChI=1S/C17H14F6N4O4/c1-24-14(28)13(27-29-2)10-4-3-9(18)7-11(10)31-15-25-6-5-12(26-15)30-8-16(19,20)17(21,22)23/h3-7H,8H2,1-2H3,(H,24,28)/b27-13+. The maximum absolute atomic E-state index is 13.7. The number of hydrogen-bond donors (Lipinski definition) is 1. The van der Waals surface area contributed by atoms with E-state index in [1.807, 2.05) is 0 Å². The van der Waals surface area contributed by atoms with Crippen LogP contribution in [0.5, 0.6) is 17.6 Å². The average Bonchev–Trinajstić information content (AvgIpc) is 2.70. The van der Waals surface area contributed by atoms with E-state index in [1.165, 1.54) is 7.05 Å². The fourth-order valence-corrected chi connectivity index (χ4v) is 2.00. The lowest BCUT2D eigenvalue weighted by atomic mass is 10.1. The Balaban J connectivity index is 2.31. The van der Waals surface area contributed by atoms with Gasteiger partial charge in [-0.15, -0.1) is 0 Å². The minimum atomic E-state index is -5.81. The molecule has 2 aromatic rings. The molecule has 0 radical (unpaired) electrons. The van der Waals surface area contributed by atoms with Gasteiger partial charge in [-0.3, -0.25) is 4.79 Å². The first-order valence-electron chi connectivity index (χ1n) is 8.20. The highest BCUT2D eigenvalue weighted by molar-refractivity contribution is 6.45. The van der Waals surface area contributed by atoms with Crippen molar-refractivity contribution in [2.45, 2.75) is 12.1 Å².